The molecule has 2 aromatic carbocycles. The molecular weight excluding hydrogens is 444 g/mol. The van der Waals surface area contributed by atoms with Crippen molar-refractivity contribution in [1.29, 1.82) is 0 Å². The van der Waals surface area contributed by atoms with Crippen LogP contribution in [0.2, 0.25) is 0 Å². The summed E-state index contributed by atoms with van der Waals surface area (Å²) in [6.07, 6.45) is 4.65. The molecule has 0 aromatic heterocycles. The lowest BCUT2D eigenvalue weighted by atomic mass is 9.77. The lowest BCUT2D eigenvalue weighted by Gasteiger charge is -2.31. The minimum atomic E-state index is -0.772. The molecule has 0 saturated carbocycles. The van der Waals surface area contributed by atoms with Crippen molar-refractivity contribution in [3.05, 3.63) is 76.9 Å². The van der Waals surface area contributed by atoms with E-state index < -0.39 is 11.3 Å². The molecule has 35 heavy (non-hydrogen) atoms. The maximum absolute atomic E-state index is 13.5. The minimum absolute atomic E-state index is 0.0914. The number of rotatable bonds is 9. The summed E-state index contributed by atoms with van der Waals surface area (Å²) in [6, 6.07) is 8.82. The van der Waals surface area contributed by atoms with Gasteiger partial charge in [0.15, 0.2) is 5.78 Å². The third kappa shape index (κ3) is 5.45. The Hall–Kier alpha value is -3.87. The van der Waals surface area contributed by atoms with Crippen molar-refractivity contribution < 1.29 is 23.9 Å². The molecule has 0 N–H and O–H groups in total. The number of ether oxygens (including phenoxy) is 2. The molecule has 7 nitrogen and oxygen atoms in total. The lowest BCUT2D eigenvalue weighted by molar-refractivity contribution is 0.0785. The van der Waals surface area contributed by atoms with Crippen LogP contribution in [-0.4, -0.2) is 69.8 Å². The molecule has 0 radical (unpaired) electrons. The van der Waals surface area contributed by atoms with E-state index in [1.165, 1.54) is 30.1 Å². The van der Waals surface area contributed by atoms with Crippen LogP contribution in [0.25, 0.3) is 6.08 Å². The predicted octanol–water partition coefficient (Wildman–Crippen LogP) is 4.47. The van der Waals surface area contributed by atoms with Gasteiger partial charge in [0, 0.05) is 44.7 Å². The van der Waals surface area contributed by atoms with E-state index >= 15 is 0 Å². The highest BCUT2D eigenvalue weighted by atomic mass is 16.5. The Kier molecular flexibility index (Phi) is 8.63. The van der Waals surface area contributed by atoms with Gasteiger partial charge in [0.2, 0.25) is 0 Å². The summed E-state index contributed by atoms with van der Waals surface area (Å²) in [5.74, 6) is -0.559. The summed E-state index contributed by atoms with van der Waals surface area (Å²) in [7, 11) is 9.32. The van der Waals surface area contributed by atoms with Crippen LogP contribution in [-0.2, 0) is 5.41 Å². The van der Waals surface area contributed by atoms with Crippen LogP contribution in [0.5, 0.6) is 11.5 Å². The maximum Gasteiger partial charge on any atom is 0.257 e. The summed E-state index contributed by atoms with van der Waals surface area (Å²) in [5.41, 5.74) is 0.854. The van der Waals surface area contributed by atoms with Gasteiger partial charge >= 0.3 is 0 Å². The predicted molar refractivity (Wildman–Crippen MR) is 139 cm³/mol. The fourth-order valence-corrected chi connectivity index (χ4v) is 3.74. The minimum Gasteiger partial charge on any atom is -0.496 e. The zero-order valence-corrected chi connectivity index (χ0v) is 21.8. The van der Waals surface area contributed by atoms with E-state index in [9.17, 15) is 14.4 Å². The van der Waals surface area contributed by atoms with E-state index in [2.05, 4.69) is 6.58 Å². The van der Waals surface area contributed by atoms with Crippen LogP contribution in [0.15, 0.2) is 49.1 Å². The van der Waals surface area contributed by atoms with Gasteiger partial charge in [-0.2, -0.15) is 0 Å². The molecule has 2 rings (SSSR count). The topological polar surface area (TPSA) is 76.1 Å². The number of carbonyl (C=O) groups excluding carboxylic acids is 3. The molecule has 0 saturated heterocycles. The fourth-order valence-electron chi connectivity index (χ4n) is 3.74. The Morgan fingerprint density at radius 1 is 0.857 bits per heavy atom. The number of methoxy groups -OCH3 is 2. The van der Waals surface area contributed by atoms with Crippen molar-refractivity contribution in [3.8, 4) is 11.5 Å². The van der Waals surface area contributed by atoms with Crippen molar-refractivity contribution in [3.63, 3.8) is 0 Å². The highest BCUT2D eigenvalue weighted by Crippen LogP contribution is 2.46. The quantitative estimate of drug-likeness (QED) is 0.302. The number of ketones is 1. The molecule has 0 spiro atoms. The number of allylic oxidation sites excluding steroid dienone is 2. The van der Waals surface area contributed by atoms with Crippen LogP contribution >= 0.6 is 0 Å². The van der Waals surface area contributed by atoms with Gasteiger partial charge in [0.05, 0.1) is 30.9 Å². The Balaban J connectivity index is 3.07. The van der Waals surface area contributed by atoms with Gasteiger partial charge in [-0.25, -0.2) is 0 Å². The van der Waals surface area contributed by atoms with Gasteiger partial charge in [-0.05, 0) is 12.2 Å². The van der Waals surface area contributed by atoms with E-state index in [1.54, 1.807) is 64.6 Å². The van der Waals surface area contributed by atoms with Gasteiger partial charge in [-0.3, -0.25) is 14.4 Å². The summed E-state index contributed by atoms with van der Waals surface area (Å²) in [6.45, 7) is 7.70. The van der Waals surface area contributed by atoms with Crippen molar-refractivity contribution in [2.75, 3.05) is 42.4 Å². The third-order valence-corrected chi connectivity index (χ3v) is 5.71. The zero-order valence-electron chi connectivity index (χ0n) is 21.8. The number of amides is 2. The molecule has 0 fully saturated rings. The zero-order chi connectivity index (χ0) is 26.5. The second-order valence-corrected chi connectivity index (χ2v) is 8.99. The number of hydrogen-bond acceptors (Lipinski definition) is 5. The normalized spacial score (nSPS) is 11.2. The lowest BCUT2D eigenvalue weighted by Crippen LogP contribution is -2.33. The number of benzene rings is 2. The average molecular weight is 479 g/mol. The molecule has 0 aliphatic heterocycles. The second-order valence-electron chi connectivity index (χ2n) is 8.99. The Morgan fingerprint density at radius 2 is 1.37 bits per heavy atom. The maximum atomic E-state index is 13.5. The summed E-state index contributed by atoms with van der Waals surface area (Å²) < 4.78 is 11.5. The summed E-state index contributed by atoms with van der Waals surface area (Å²) in [4.78, 5) is 42.6. The molecule has 0 bridgehead atoms. The van der Waals surface area contributed by atoms with Gasteiger partial charge in [-0.1, -0.05) is 50.3 Å². The summed E-state index contributed by atoms with van der Waals surface area (Å²) >= 11 is 0. The van der Waals surface area contributed by atoms with Crippen LogP contribution < -0.4 is 9.47 Å². The van der Waals surface area contributed by atoms with Crippen LogP contribution in [0.4, 0.5) is 0 Å². The van der Waals surface area contributed by atoms with Crippen molar-refractivity contribution in [2.24, 2.45) is 0 Å². The Bertz CT molecular complexity index is 1160. The average Bonchev–Trinajstić information content (AvgIpc) is 2.84. The molecule has 2 amide bonds. The highest BCUT2D eigenvalue weighted by Gasteiger charge is 2.38. The highest BCUT2D eigenvalue weighted by molar-refractivity contribution is 6.12. The first-order chi connectivity index (χ1) is 16.4. The molecular formula is C28H34N2O5. The standard InChI is InChI=1S/C28H34N2O5/c1-10-28(2,3)23-21(26(32)29(4)5)22(27(33)30(6)7)24(34-8)19(25(23)35-9)16-17-20(31)18-14-12-11-13-15-18/h10-17H,1H2,2-9H3. The summed E-state index contributed by atoms with van der Waals surface area (Å²) in [5, 5.41) is 0. The SMILES string of the molecule is C=CC(C)(C)c1c(OC)c(C=CC(=O)c2ccccc2)c(OC)c(C(=O)N(C)C)c1C(=O)N(C)C. The number of nitrogens with zero attached hydrogens (tertiary/aromatic N) is 2. The fraction of sp³-hybridized carbons (Fsp3) is 0.321. The van der Waals surface area contributed by atoms with E-state index in [4.69, 9.17) is 9.47 Å². The molecule has 0 aliphatic rings. The van der Waals surface area contributed by atoms with Gasteiger partial charge < -0.3 is 19.3 Å². The van der Waals surface area contributed by atoms with Crippen molar-refractivity contribution in [2.45, 2.75) is 19.3 Å². The number of carbonyl (C=O) groups is 3. The van der Waals surface area contributed by atoms with E-state index in [0.29, 0.717) is 22.4 Å². The van der Waals surface area contributed by atoms with Crippen LogP contribution in [0.3, 0.4) is 0 Å². The smallest absolute Gasteiger partial charge is 0.257 e. The monoisotopic (exact) mass is 478 g/mol. The van der Waals surface area contributed by atoms with E-state index in [-0.39, 0.29) is 28.6 Å². The second kappa shape index (κ2) is 11.0. The molecule has 7 heteroatoms. The van der Waals surface area contributed by atoms with Gasteiger partial charge in [-0.15, -0.1) is 6.58 Å². The first-order valence-corrected chi connectivity index (χ1v) is 11.1. The first-order valence-electron chi connectivity index (χ1n) is 11.1. The number of hydrogen-bond donors (Lipinski definition) is 0. The van der Waals surface area contributed by atoms with E-state index in [0.717, 1.165) is 0 Å². The van der Waals surface area contributed by atoms with Crippen molar-refractivity contribution in [1.82, 2.24) is 9.80 Å². The molecule has 0 heterocycles. The molecule has 0 unspecified atom stereocenters. The Labute approximate surface area is 207 Å². The molecule has 0 aliphatic carbocycles. The van der Waals surface area contributed by atoms with Crippen LogP contribution in [0.1, 0.15) is 56.0 Å². The molecule has 2 aromatic rings. The first kappa shape index (κ1) is 27.4. The van der Waals surface area contributed by atoms with E-state index in [1.807, 2.05) is 19.9 Å². The Morgan fingerprint density at radius 3 is 1.83 bits per heavy atom. The third-order valence-electron chi connectivity index (χ3n) is 5.71. The molecule has 186 valence electrons. The van der Waals surface area contributed by atoms with Gasteiger partial charge in [0.25, 0.3) is 11.8 Å². The molecule has 0 atom stereocenters. The van der Waals surface area contributed by atoms with Gasteiger partial charge in [0.1, 0.15) is 11.5 Å². The largest absolute Gasteiger partial charge is 0.496 e. The van der Waals surface area contributed by atoms with Crippen LogP contribution in [0, 0.1) is 0 Å². The van der Waals surface area contributed by atoms with Crippen molar-refractivity contribution >= 4 is 23.7 Å².